The molecule has 29 heavy (non-hydrogen) atoms. The summed E-state index contributed by atoms with van der Waals surface area (Å²) in [6.45, 7) is 3.94. The molecule has 0 bridgehead atoms. The maximum Gasteiger partial charge on any atom is 0.292 e. The van der Waals surface area contributed by atoms with E-state index in [0.717, 1.165) is 11.3 Å². The number of halogens is 1. The lowest BCUT2D eigenvalue weighted by Gasteiger charge is -2.09. The van der Waals surface area contributed by atoms with Crippen LogP contribution in [0.15, 0.2) is 64.6 Å². The van der Waals surface area contributed by atoms with Gasteiger partial charge in [0.2, 0.25) is 0 Å². The molecule has 0 amide bonds. The molecular weight excluding hydrogens is 392 g/mol. The molecule has 1 aromatic heterocycles. The third kappa shape index (κ3) is 5.14. The van der Waals surface area contributed by atoms with Crippen LogP contribution in [-0.2, 0) is 0 Å². The molecule has 0 radical (unpaired) electrons. The van der Waals surface area contributed by atoms with Crippen LogP contribution in [0.4, 0.5) is 5.69 Å². The quantitative estimate of drug-likeness (QED) is 0.466. The molecule has 150 valence electrons. The Hall–Kier alpha value is -3.32. The average molecular weight is 413 g/mol. The number of hydrazone groups is 1. The highest BCUT2D eigenvalue weighted by molar-refractivity contribution is 6.32. The van der Waals surface area contributed by atoms with Gasteiger partial charge in [0.25, 0.3) is 5.56 Å². The van der Waals surface area contributed by atoms with Gasteiger partial charge in [-0.3, -0.25) is 10.2 Å². The number of nitrogens with one attached hydrogen (secondary N) is 1. The van der Waals surface area contributed by atoms with Crippen molar-refractivity contribution >= 4 is 23.5 Å². The molecule has 3 rings (SSSR count). The largest absolute Gasteiger partial charge is 0.497 e. The second-order valence-corrected chi connectivity index (χ2v) is 6.77. The minimum atomic E-state index is -0.452. The average Bonchev–Trinajstić information content (AvgIpc) is 2.72. The van der Waals surface area contributed by atoms with Gasteiger partial charge < -0.3 is 9.47 Å². The number of ether oxygens (including phenoxy) is 2. The van der Waals surface area contributed by atoms with E-state index in [2.05, 4.69) is 15.6 Å². The first-order chi connectivity index (χ1) is 14.0. The predicted octanol–water partition coefficient (Wildman–Crippen LogP) is 4.13. The Morgan fingerprint density at radius 2 is 1.76 bits per heavy atom. The standard InChI is InChI=1S/C21H21ClN4O3/c1-14(2)29-18-8-4-15(5-9-18)12-23-25-19-13-24-26(21(27)20(19)22)16-6-10-17(28-3)11-7-16/h4-14,25H,1-3H3/b23-12-. The summed E-state index contributed by atoms with van der Waals surface area (Å²) in [4.78, 5) is 12.5. The lowest BCUT2D eigenvalue weighted by molar-refractivity contribution is 0.242. The Labute approximate surface area is 173 Å². The van der Waals surface area contributed by atoms with Crippen molar-refractivity contribution in [1.82, 2.24) is 9.78 Å². The number of anilines is 1. The highest BCUT2D eigenvalue weighted by atomic mass is 35.5. The molecular formula is C21H21ClN4O3. The summed E-state index contributed by atoms with van der Waals surface area (Å²) in [6.07, 6.45) is 3.18. The first-order valence-electron chi connectivity index (χ1n) is 8.96. The molecule has 2 aromatic carbocycles. The number of rotatable bonds is 7. The molecule has 0 spiro atoms. The van der Waals surface area contributed by atoms with Gasteiger partial charge in [0.05, 0.1) is 31.3 Å². The molecule has 3 aromatic rings. The maximum absolute atomic E-state index is 12.5. The van der Waals surface area contributed by atoms with Crippen LogP contribution in [0.1, 0.15) is 19.4 Å². The summed E-state index contributed by atoms with van der Waals surface area (Å²) in [5.74, 6) is 1.48. The van der Waals surface area contributed by atoms with E-state index in [1.54, 1.807) is 37.6 Å². The zero-order valence-corrected chi connectivity index (χ0v) is 17.1. The van der Waals surface area contributed by atoms with Crippen molar-refractivity contribution < 1.29 is 9.47 Å². The van der Waals surface area contributed by atoms with Gasteiger partial charge in [-0.05, 0) is 67.9 Å². The topological polar surface area (TPSA) is 77.7 Å². The van der Waals surface area contributed by atoms with Crippen molar-refractivity contribution in [2.45, 2.75) is 20.0 Å². The van der Waals surface area contributed by atoms with Gasteiger partial charge >= 0.3 is 0 Å². The minimum Gasteiger partial charge on any atom is -0.497 e. The molecule has 8 heteroatoms. The summed E-state index contributed by atoms with van der Waals surface area (Å²) in [5.41, 5.74) is 4.07. The summed E-state index contributed by atoms with van der Waals surface area (Å²) in [5, 5.41) is 8.27. The Morgan fingerprint density at radius 3 is 2.38 bits per heavy atom. The second kappa shape index (κ2) is 9.25. The van der Waals surface area contributed by atoms with Crippen molar-refractivity contribution in [2.75, 3.05) is 12.5 Å². The Kier molecular flexibility index (Phi) is 6.51. The van der Waals surface area contributed by atoms with E-state index in [4.69, 9.17) is 21.1 Å². The van der Waals surface area contributed by atoms with Crippen molar-refractivity contribution in [1.29, 1.82) is 0 Å². The minimum absolute atomic E-state index is 0.00588. The van der Waals surface area contributed by atoms with Gasteiger partial charge in [0, 0.05) is 0 Å². The SMILES string of the molecule is COc1ccc(-n2ncc(N/N=C\c3ccc(OC(C)C)cc3)c(Cl)c2=O)cc1. The lowest BCUT2D eigenvalue weighted by Crippen LogP contribution is -2.22. The van der Waals surface area contributed by atoms with Gasteiger partial charge in [-0.2, -0.15) is 14.9 Å². The van der Waals surface area contributed by atoms with Crippen LogP contribution in [0.2, 0.25) is 5.02 Å². The number of hydrogen-bond donors (Lipinski definition) is 1. The van der Waals surface area contributed by atoms with Crippen molar-refractivity contribution in [2.24, 2.45) is 5.10 Å². The third-order valence-electron chi connectivity index (χ3n) is 3.89. The van der Waals surface area contributed by atoms with Crippen LogP contribution < -0.4 is 20.5 Å². The zero-order valence-electron chi connectivity index (χ0n) is 16.3. The fraction of sp³-hybridized carbons (Fsp3) is 0.190. The molecule has 7 nitrogen and oxygen atoms in total. The van der Waals surface area contributed by atoms with Crippen LogP contribution in [-0.4, -0.2) is 29.2 Å². The van der Waals surface area contributed by atoms with Crippen molar-refractivity contribution in [3.8, 4) is 17.2 Å². The molecule has 0 atom stereocenters. The number of methoxy groups -OCH3 is 1. The summed E-state index contributed by atoms with van der Waals surface area (Å²) in [6, 6.07) is 14.4. The van der Waals surface area contributed by atoms with E-state index >= 15 is 0 Å². The third-order valence-corrected chi connectivity index (χ3v) is 4.25. The number of hydrogen-bond acceptors (Lipinski definition) is 6. The van der Waals surface area contributed by atoms with Gasteiger partial charge in [-0.15, -0.1) is 0 Å². The van der Waals surface area contributed by atoms with Crippen LogP contribution in [0, 0.1) is 0 Å². The molecule has 0 unspecified atom stereocenters. The van der Waals surface area contributed by atoms with Crippen molar-refractivity contribution in [3.05, 3.63) is 75.7 Å². The Bertz CT molecular complexity index is 1050. The van der Waals surface area contributed by atoms with Gasteiger partial charge in [0.1, 0.15) is 22.2 Å². The van der Waals surface area contributed by atoms with E-state index in [1.165, 1.54) is 10.9 Å². The zero-order chi connectivity index (χ0) is 20.8. The van der Waals surface area contributed by atoms with Gasteiger partial charge in [-0.25, -0.2) is 0 Å². The molecule has 0 fully saturated rings. The van der Waals surface area contributed by atoms with Gasteiger partial charge in [0.15, 0.2) is 0 Å². The van der Waals surface area contributed by atoms with E-state index < -0.39 is 5.56 Å². The van der Waals surface area contributed by atoms with Crippen LogP contribution in [0.25, 0.3) is 5.69 Å². The molecule has 0 aliphatic carbocycles. The molecule has 0 saturated carbocycles. The predicted molar refractivity (Wildman–Crippen MR) is 115 cm³/mol. The maximum atomic E-state index is 12.5. The lowest BCUT2D eigenvalue weighted by atomic mass is 10.2. The fourth-order valence-corrected chi connectivity index (χ4v) is 2.67. The Morgan fingerprint density at radius 1 is 1.10 bits per heavy atom. The van der Waals surface area contributed by atoms with E-state index in [9.17, 15) is 4.79 Å². The highest BCUT2D eigenvalue weighted by Crippen LogP contribution is 2.18. The Balaban J connectivity index is 1.72. The smallest absolute Gasteiger partial charge is 0.292 e. The monoisotopic (exact) mass is 412 g/mol. The summed E-state index contributed by atoms with van der Waals surface area (Å²) >= 11 is 6.21. The van der Waals surface area contributed by atoms with E-state index in [-0.39, 0.29) is 11.1 Å². The van der Waals surface area contributed by atoms with Crippen LogP contribution in [0.3, 0.4) is 0 Å². The number of benzene rings is 2. The van der Waals surface area contributed by atoms with E-state index in [0.29, 0.717) is 17.1 Å². The first-order valence-corrected chi connectivity index (χ1v) is 9.34. The summed E-state index contributed by atoms with van der Waals surface area (Å²) in [7, 11) is 1.57. The number of aromatic nitrogens is 2. The summed E-state index contributed by atoms with van der Waals surface area (Å²) < 4.78 is 11.9. The second-order valence-electron chi connectivity index (χ2n) is 6.39. The molecule has 0 aliphatic rings. The molecule has 0 saturated heterocycles. The fourth-order valence-electron chi connectivity index (χ4n) is 2.50. The number of nitrogens with zero attached hydrogens (tertiary/aromatic N) is 3. The first kappa shape index (κ1) is 20.4. The van der Waals surface area contributed by atoms with Crippen molar-refractivity contribution in [3.63, 3.8) is 0 Å². The highest BCUT2D eigenvalue weighted by Gasteiger charge is 2.10. The molecule has 1 N–H and O–H groups in total. The van der Waals surface area contributed by atoms with Crippen LogP contribution >= 0.6 is 11.6 Å². The molecule has 1 heterocycles. The van der Waals surface area contributed by atoms with Crippen LogP contribution in [0.5, 0.6) is 11.5 Å². The normalized spacial score (nSPS) is 11.1. The van der Waals surface area contributed by atoms with E-state index in [1.807, 2.05) is 38.1 Å². The van der Waals surface area contributed by atoms with Gasteiger partial charge in [-0.1, -0.05) is 11.6 Å². The molecule has 0 aliphatic heterocycles.